The van der Waals surface area contributed by atoms with Crippen molar-refractivity contribution in [1.29, 1.82) is 0 Å². The first-order valence-electron chi connectivity index (χ1n) is 6.54. The second kappa shape index (κ2) is 5.24. The van der Waals surface area contributed by atoms with Crippen LogP contribution >= 0.6 is 11.6 Å². The van der Waals surface area contributed by atoms with Gasteiger partial charge in [-0.2, -0.15) is 0 Å². The Morgan fingerprint density at radius 1 is 1.16 bits per heavy atom. The van der Waals surface area contributed by atoms with Crippen molar-refractivity contribution in [2.24, 2.45) is 0 Å². The van der Waals surface area contributed by atoms with Gasteiger partial charge in [-0.15, -0.1) is 0 Å². The van der Waals surface area contributed by atoms with Crippen LogP contribution < -0.4 is 10.2 Å². The van der Waals surface area contributed by atoms with Crippen LogP contribution in [0.15, 0.2) is 48.5 Å². The average Bonchev–Trinajstić information content (AvgIpc) is 2.59. The van der Waals surface area contributed by atoms with E-state index in [0.717, 1.165) is 18.1 Å². The molecule has 3 rings (SSSR count). The number of benzene rings is 2. The smallest absolute Gasteiger partial charge is 0.0598 e. The summed E-state index contributed by atoms with van der Waals surface area (Å²) in [5, 5.41) is 4.40. The largest absolute Gasteiger partial charge is 0.373 e. The van der Waals surface area contributed by atoms with E-state index < -0.39 is 0 Å². The van der Waals surface area contributed by atoms with Gasteiger partial charge in [0.05, 0.1) is 6.04 Å². The SMILES string of the molecule is CN1CCNC(c2ccccc2)c2cc(Cl)ccc21. The molecule has 2 aromatic carbocycles. The summed E-state index contributed by atoms with van der Waals surface area (Å²) >= 11 is 6.18. The minimum absolute atomic E-state index is 0.208. The number of hydrogen-bond donors (Lipinski definition) is 1. The highest BCUT2D eigenvalue weighted by atomic mass is 35.5. The highest BCUT2D eigenvalue weighted by Crippen LogP contribution is 2.33. The zero-order valence-corrected chi connectivity index (χ0v) is 11.7. The van der Waals surface area contributed by atoms with Crippen LogP contribution in [0.25, 0.3) is 0 Å². The van der Waals surface area contributed by atoms with Crippen molar-refractivity contribution in [2.75, 3.05) is 25.0 Å². The van der Waals surface area contributed by atoms with Gasteiger partial charge in [-0.3, -0.25) is 0 Å². The summed E-state index contributed by atoms with van der Waals surface area (Å²) in [6, 6.07) is 16.9. The molecule has 0 aliphatic carbocycles. The predicted octanol–water partition coefficient (Wildman–Crippen LogP) is 3.47. The normalized spacial score (nSPS) is 18.8. The van der Waals surface area contributed by atoms with Crippen LogP contribution in [-0.4, -0.2) is 20.1 Å². The minimum atomic E-state index is 0.208. The molecule has 0 aromatic heterocycles. The Labute approximate surface area is 119 Å². The first-order valence-corrected chi connectivity index (χ1v) is 6.92. The molecular formula is C16H17ClN2. The fourth-order valence-electron chi connectivity index (χ4n) is 2.65. The number of nitrogens with zero attached hydrogens (tertiary/aromatic N) is 1. The molecule has 1 N–H and O–H groups in total. The first kappa shape index (κ1) is 12.5. The van der Waals surface area contributed by atoms with E-state index in [1.165, 1.54) is 16.8 Å². The third-order valence-electron chi connectivity index (χ3n) is 3.64. The molecule has 0 bridgehead atoms. The Kier molecular flexibility index (Phi) is 3.45. The van der Waals surface area contributed by atoms with E-state index in [9.17, 15) is 0 Å². The van der Waals surface area contributed by atoms with Gasteiger partial charge in [0, 0.05) is 30.8 Å². The molecule has 1 atom stereocenters. The maximum absolute atomic E-state index is 6.18. The average molecular weight is 273 g/mol. The monoisotopic (exact) mass is 272 g/mol. The summed E-state index contributed by atoms with van der Waals surface area (Å²) in [4.78, 5) is 2.28. The Morgan fingerprint density at radius 3 is 2.74 bits per heavy atom. The van der Waals surface area contributed by atoms with Crippen LogP contribution in [0.1, 0.15) is 17.2 Å². The lowest BCUT2D eigenvalue weighted by Gasteiger charge is -2.22. The van der Waals surface area contributed by atoms with Crippen LogP contribution in [-0.2, 0) is 0 Å². The van der Waals surface area contributed by atoms with E-state index in [-0.39, 0.29) is 6.04 Å². The van der Waals surface area contributed by atoms with Crippen molar-refractivity contribution >= 4 is 17.3 Å². The maximum atomic E-state index is 6.18. The van der Waals surface area contributed by atoms with Gasteiger partial charge in [-0.25, -0.2) is 0 Å². The Morgan fingerprint density at radius 2 is 1.95 bits per heavy atom. The molecule has 1 aliphatic heterocycles. The van der Waals surface area contributed by atoms with Gasteiger partial charge >= 0.3 is 0 Å². The van der Waals surface area contributed by atoms with Gasteiger partial charge in [-0.1, -0.05) is 41.9 Å². The number of hydrogen-bond acceptors (Lipinski definition) is 2. The van der Waals surface area contributed by atoms with Crippen LogP contribution in [0.4, 0.5) is 5.69 Å². The van der Waals surface area contributed by atoms with Gasteiger partial charge in [-0.05, 0) is 29.3 Å². The quantitative estimate of drug-likeness (QED) is 0.855. The Hall–Kier alpha value is -1.51. The van der Waals surface area contributed by atoms with Crippen molar-refractivity contribution in [3.63, 3.8) is 0 Å². The highest BCUT2D eigenvalue weighted by molar-refractivity contribution is 6.30. The summed E-state index contributed by atoms with van der Waals surface area (Å²) in [7, 11) is 2.13. The van der Waals surface area contributed by atoms with Gasteiger partial charge in [0.1, 0.15) is 0 Å². The molecule has 2 nitrogen and oxygen atoms in total. The summed E-state index contributed by atoms with van der Waals surface area (Å²) in [5.41, 5.74) is 3.78. The van der Waals surface area contributed by atoms with Gasteiger partial charge < -0.3 is 10.2 Å². The fourth-order valence-corrected chi connectivity index (χ4v) is 2.83. The van der Waals surface area contributed by atoms with Crippen molar-refractivity contribution in [2.45, 2.75) is 6.04 Å². The molecule has 19 heavy (non-hydrogen) atoms. The van der Waals surface area contributed by atoms with Crippen LogP contribution in [0, 0.1) is 0 Å². The lowest BCUT2D eigenvalue weighted by molar-refractivity contribution is 0.626. The van der Waals surface area contributed by atoms with E-state index in [2.05, 4.69) is 53.7 Å². The molecule has 0 saturated carbocycles. The van der Waals surface area contributed by atoms with Crippen molar-refractivity contribution < 1.29 is 0 Å². The highest BCUT2D eigenvalue weighted by Gasteiger charge is 2.22. The zero-order valence-electron chi connectivity index (χ0n) is 10.9. The molecule has 0 saturated heterocycles. The molecule has 2 aromatic rings. The lowest BCUT2D eigenvalue weighted by atomic mass is 9.97. The summed E-state index contributed by atoms with van der Waals surface area (Å²) in [6.07, 6.45) is 0. The molecule has 0 amide bonds. The second-order valence-corrected chi connectivity index (χ2v) is 5.36. The van der Waals surface area contributed by atoms with Crippen LogP contribution in [0.2, 0.25) is 5.02 Å². The predicted molar refractivity (Wildman–Crippen MR) is 81.0 cm³/mol. The summed E-state index contributed by atoms with van der Waals surface area (Å²) in [6.45, 7) is 1.96. The summed E-state index contributed by atoms with van der Waals surface area (Å²) in [5.74, 6) is 0. The molecule has 3 heteroatoms. The van der Waals surface area contributed by atoms with Crippen molar-refractivity contribution in [3.05, 3.63) is 64.7 Å². The van der Waals surface area contributed by atoms with Crippen molar-refractivity contribution in [3.8, 4) is 0 Å². The standard InChI is InChI=1S/C16H17ClN2/c1-19-10-9-18-16(12-5-3-2-4-6-12)14-11-13(17)7-8-15(14)19/h2-8,11,16,18H,9-10H2,1H3. The number of halogens is 1. The van der Waals surface area contributed by atoms with E-state index >= 15 is 0 Å². The third-order valence-corrected chi connectivity index (χ3v) is 3.88. The Bertz CT molecular complexity index is 568. The number of rotatable bonds is 1. The van der Waals surface area contributed by atoms with E-state index in [4.69, 9.17) is 11.6 Å². The van der Waals surface area contributed by atoms with Gasteiger partial charge in [0.25, 0.3) is 0 Å². The zero-order chi connectivity index (χ0) is 13.2. The maximum Gasteiger partial charge on any atom is 0.0598 e. The molecule has 0 radical (unpaired) electrons. The molecule has 1 heterocycles. The Balaban J connectivity index is 2.12. The molecule has 98 valence electrons. The number of anilines is 1. The van der Waals surface area contributed by atoms with E-state index in [0.29, 0.717) is 0 Å². The van der Waals surface area contributed by atoms with Gasteiger partial charge in [0.2, 0.25) is 0 Å². The van der Waals surface area contributed by atoms with E-state index in [1.807, 2.05) is 12.1 Å². The molecule has 0 fully saturated rings. The third kappa shape index (κ3) is 2.46. The van der Waals surface area contributed by atoms with Gasteiger partial charge in [0.15, 0.2) is 0 Å². The number of nitrogens with one attached hydrogen (secondary N) is 1. The summed E-state index contributed by atoms with van der Waals surface area (Å²) < 4.78 is 0. The minimum Gasteiger partial charge on any atom is -0.373 e. The van der Waals surface area contributed by atoms with Crippen LogP contribution in [0.3, 0.4) is 0 Å². The number of fused-ring (bicyclic) bond motifs is 1. The topological polar surface area (TPSA) is 15.3 Å². The molecule has 1 unspecified atom stereocenters. The van der Waals surface area contributed by atoms with Crippen molar-refractivity contribution in [1.82, 2.24) is 5.32 Å². The van der Waals surface area contributed by atoms with Crippen LogP contribution in [0.5, 0.6) is 0 Å². The molecule has 1 aliphatic rings. The fraction of sp³-hybridized carbons (Fsp3) is 0.250. The molecular weight excluding hydrogens is 256 g/mol. The van der Waals surface area contributed by atoms with E-state index in [1.54, 1.807) is 0 Å². The second-order valence-electron chi connectivity index (χ2n) is 4.92. The molecule has 0 spiro atoms. The first-order chi connectivity index (χ1) is 9.25. The lowest BCUT2D eigenvalue weighted by Crippen LogP contribution is -2.26. The number of likely N-dealkylation sites (N-methyl/N-ethyl adjacent to an activating group) is 1.